The summed E-state index contributed by atoms with van der Waals surface area (Å²) >= 11 is 0. The van der Waals surface area contributed by atoms with E-state index in [1.54, 1.807) is 18.2 Å². The Morgan fingerprint density at radius 3 is 2.26 bits per heavy atom. The minimum Gasteiger partial charge on any atom is -0.412 e. The molecular weight excluding hydrogens is 363 g/mol. The van der Waals surface area contributed by atoms with Gasteiger partial charge in [0.25, 0.3) is 0 Å². The summed E-state index contributed by atoms with van der Waals surface area (Å²) in [5.41, 5.74) is 2.77. The summed E-state index contributed by atoms with van der Waals surface area (Å²) in [5.74, 6) is 0.106. The fraction of sp³-hybridized carbons (Fsp3) is 0. The Labute approximate surface area is 156 Å². The molecule has 6 heteroatoms. The summed E-state index contributed by atoms with van der Waals surface area (Å²) in [4.78, 5) is 28.3. The number of hydrogen-bond acceptors (Lipinski definition) is 3. The highest BCUT2D eigenvalue weighted by molar-refractivity contribution is 7.46. The van der Waals surface area contributed by atoms with E-state index in [0.29, 0.717) is 0 Å². The predicted molar refractivity (Wildman–Crippen MR) is 106 cm³/mol. The van der Waals surface area contributed by atoms with E-state index >= 15 is 0 Å². The third-order valence-electron chi connectivity index (χ3n) is 3.87. The number of benzene rings is 3. The Hall–Kier alpha value is -2.98. The van der Waals surface area contributed by atoms with Gasteiger partial charge in [-0.05, 0) is 28.7 Å². The number of ketones is 1. The average Bonchev–Trinajstić information content (AvgIpc) is 2.65. The van der Waals surface area contributed by atoms with Crippen molar-refractivity contribution >= 4 is 36.5 Å². The van der Waals surface area contributed by atoms with Gasteiger partial charge >= 0.3 is 7.82 Å². The molecule has 0 atom stereocenters. The van der Waals surface area contributed by atoms with Crippen LogP contribution in [0.15, 0.2) is 79.1 Å². The minimum atomic E-state index is -4.39. The average molecular weight is 380 g/mol. The molecule has 1 aliphatic rings. The van der Waals surface area contributed by atoms with Crippen molar-refractivity contribution in [2.75, 3.05) is 0 Å². The van der Waals surface area contributed by atoms with Crippen molar-refractivity contribution in [3.8, 4) is 0 Å². The van der Waals surface area contributed by atoms with Crippen molar-refractivity contribution in [2.45, 2.75) is 0 Å². The number of rotatable bonds is 3. The molecule has 136 valence electrons. The number of hydrogen-bond donors (Lipinski definition) is 2. The summed E-state index contributed by atoms with van der Waals surface area (Å²) < 4.78 is 14.4. The third-order valence-corrected chi connectivity index (χ3v) is 4.27. The highest BCUT2D eigenvalue weighted by Crippen LogP contribution is 2.36. The lowest BCUT2D eigenvalue weighted by Crippen LogP contribution is -2.00. The van der Waals surface area contributed by atoms with Crippen molar-refractivity contribution in [3.05, 3.63) is 95.8 Å². The van der Waals surface area contributed by atoms with Gasteiger partial charge in [0.15, 0.2) is 5.78 Å². The van der Waals surface area contributed by atoms with Crippen LogP contribution in [0.25, 0.3) is 22.9 Å². The molecule has 0 bridgehead atoms. The second kappa shape index (κ2) is 8.14. The maximum Gasteiger partial charge on any atom is 0.524 e. The molecular formula is C21H17O5P. The van der Waals surface area contributed by atoms with E-state index in [0.717, 1.165) is 33.7 Å². The smallest absolute Gasteiger partial charge is 0.412 e. The molecule has 4 rings (SSSR count). The fourth-order valence-corrected chi connectivity index (χ4v) is 2.94. The standard InChI is InChI=1S/C13H8O.C8H9O4P/c14-12-8-7-10-4-1-3-9-5-2-6-11(12)13(9)10;9-13(10,11)12-7-6-8-4-2-1-3-5-8/h1-8H;1-7H,(H2,9,10,11). The van der Waals surface area contributed by atoms with Crippen LogP contribution < -0.4 is 0 Å². The van der Waals surface area contributed by atoms with Crippen molar-refractivity contribution in [1.29, 1.82) is 0 Å². The fourth-order valence-electron chi connectivity index (χ4n) is 2.72. The highest BCUT2D eigenvalue weighted by Gasteiger charge is 2.13. The molecule has 0 fully saturated rings. The molecule has 0 saturated heterocycles. The van der Waals surface area contributed by atoms with Gasteiger partial charge < -0.3 is 4.52 Å². The molecule has 3 aromatic carbocycles. The maximum atomic E-state index is 11.6. The van der Waals surface area contributed by atoms with Crippen molar-refractivity contribution in [3.63, 3.8) is 0 Å². The Kier molecular flexibility index (Phi) is 5.67. The van der Waals surface area contributed by atoms with Gasteiger partial charge in [-0.25, -0.2) is 4.57 Å². The molecule has 27 heavy (non-hydrogen) atoms. The molecule has 0 aromatic heterocycles. The molecule has 3 aromatic rings. The van der Waals surface area contributed by atoms with Gasteiger partial charge in [0, 0.05) is 10.9 Å². The van der Waals surface area contributed by atoms with Crippen molar-refractivity contribution in [2.24, 2.45) is 0 Å². The van der Waals surface area contributed by atoms with Crippen LogP contribution in [-0.2, 0) is 9.09 Å². The number of allylic oxidation sites excluding steroid dienone is 1. The minimum absolute atomic E-state index is 0.106. The first-order valence-electron chi connectivity index (χ1n) is 8.14. The Morgan fingerprint density at radius 2 is 1.56 bits per heavy atom. The first-order chi connectivity index (χ1) is 12.9. The van der Waals surface area contributed by atoms with E-state index in [1.807, 2.05) is 60.7 Å². The summed E-state index contributed by atoms with van der Waals surface area (Å²) in [5, 5.41) is 2.22. The maximum absolute atomic E-state index is 11.6. The lowest BCUT2D eigenvalue weighted by Gasteiger charge is -2.10. The topological polar surface area (TPSA) is 83.8 Å². The van der Waals surface area contributed by atoms with E-state index in [-0.39, 0.29) is 5.78 Å². The number of carbonyl (C=O) groups excluding carboxylic acids is 1. The monoisotopic (exact) mass is 380 g/mol. The van der Waals surface area contributed by atoms with Crippen LogP contribution in [0.4, 0.5) is 0 Å². The Bertz CT molecular complexity index is 1060. The largest absolute Gasteiger partial charge is 0.524 e. The van der Waals surface area contributed by atoms with Gasteiger partial charge in [-0.15, -0.1) is 0 Å². The predicted octanol–water partition coefficient (Wildman–Crippen LogP) is 4.82. The van der Waals surface area contributed by atoms with Crippen LogP contribution >= 0.6 is 7.82 Å². The molecule has 0 unspecified atom stereocenters. The summed E-state index contributed by atoms with van der Waals surface area (Å²) in [6.07, 6.45) is 5.98. The second-order valence-electron chi connectivity index (χ2n) is 5.76. The van der Waals surface area contributed by atoms with E-state index in [9.17, 15) is 9.36 Å². The lowest BCUT2D eigenvalue weighted by molar-refractivity contribution is 0.104. The molecule has 5 nitrogen and oxygen atoms in total. The molecule has 0 spiro atoms. The van der Waals surface area contributed by atoms with E-state index in [2.05, 4.69) is 4.52 Å². The summed E-state index contributed by atoms with van der Waals surface area (Å²) in [6, 6.07) is 21.0. The quantitative estimate of drug-likeness (QED) is 0.503. The summed E-state index contributed by atoms with van der Waals surface area (Å²) in [6.45, 7) is 0. The Balaban J connectivity index is 0.000000157. The SMILES string of the molecule is O=C1C=Cc2cccc3cccc1c23.O=P(O)(O)OC=Cc1ccccc1. The molecule has 0 radical (unpaired) electrons. The van der Waals surface area contributed by atoms with Gasteiger partial charge in [0.05, 0.1) is 6.26 Å². The van der Waals surface area contributed by atoms with Crippen LogP contribution in [-0.4, -0.2) is 15.6 Å². The van der Waals surface area contributed by atoms with E-state index in [4.69, 9.17) is 9.79 Å². The van der Waals surface area contributed by atoms with E-state index < -0.39 is 7.82 Å². The third kappa shape index (κ3) is 5.02. The van der Waals surface area contributed by atoms with Crippen LogP contribution in [0, 0.1) is 0 Å². The normalized spacial score (nSPS) is 12.7. The van der Waals surface area contributed by atoms with Gasteiger partial charge in [0.1, 0.15) is 0 Å². The molecule has 0 amide bonds. The Morgan fingerprint density at radius 1 is 0.852 bits per heavy atom. The molecule has 0 saturated carbocycles. The van der Waals surface area contributed by atoms with Gasteiger partial charge in [-0.3, -0.25) is 14.6 Å². The second-order valence-corrected chi connectivity index (χ2v) is 6.95. The van der Waals surface area contributed by atoms with Crippen molar-refractivity contribution in [1.82, 2.24) is 0 Å². The first-order valence-corrected chi connectivity index (χ1v) is 9.67. The summed E-state index contributed by atoms with van der Waals surface area (Å²) in [7, 11) is -4.39. The molecule has 0 aliphatic heterocycles. The van der Waals surface area contributed by atoms with E-state index in [1.165, 1.54) is 6.08 Å². The first kappa shape index (κ1) is 18.8. The number of phosphoric acid groups is 1. The zero-order chi connectivity index (χ0) is 19.3. The number of phosphoric ester groups is 1. The van der Waals surface area contributed by atoms with Crippen LogP contribution in [0.2, 0.25) is 0 Å². The highest BCUT2D eigenvalue weighted by atomic mass is 31.2. The van der Waals surface area contributed by atoms with Crippen LogP contribution in [0.3, 0.4) is 0 Å². The zero-order valence-corrected chi connectivity index (χ0v) is 15.1. The van der Waals surface area contributed by atoms with Gasteiger partial charge in [-0.2, -0.15) is 0 Å². The van der Waals surface area contributed by atoms with Crippen LogP contribution in [0.5, 0.6) is 0 Å². The molecule has 2 N–H and O–H groups in total. The van der Waals surface area contributed by atoms with Gasteiger partial charge in [0.2, 0.25) is 0 Å². The number of carbonyl (C=O) groups is 1. The zero-order valence-electron chi connectivity index (χ0n) is 14.2. The molecule has 0 heterocycles. The molecule has 1 aliphatic carbocycles. The van der Waals surface area contributed by atoms with Gasteiger partial charge in [-0.1, -0.05) is 72.8 Å². The van der Waals surface area contributed by atoms with Crippen LogP contribution in [0.1, 0.15) is 21.5 Å². The lowest BCUT2D eigenvalue weighted by atomic mass is 9.92. The van der Waals surface area contributed by atoms with Crippen molar-refractivity contribution < 1.29 is 23.7 Å².